The number of rotatable bonds is 2. The first-order valence-corrected chi connectivity index (χ1v) is 3.77. The Labute approximate surface area is 86.8 Å². The maximum absolute atomic E-state index is 11.8. The molecule has 0 N–H and O–H groups in total. The predicted octanol–water partition coefficient (Wildman–Crippen LogP) is 2.37. The topological polar surface area (TPSA) is 76.2 Å². The van der Waals surface area contributed by atoms with Gasteiger partial charge in [0, 0.05) is 6.07 Å². The number of nitro benzene ring substituents is 1. The third-order valence-corrected chi connectivity index (χ3v) is 1.46. The average Bonchev–Trinajstić information content (AvgIpc) is 2.14. The number of non-ortho nitro benzene ring substituents is 1. The van der Waals surface area contributed by atoms with Gasteiger partial charge in [-0.1, -0.05) is 0 Å². The zero-order chi connectivity index (χ0) is 12.3. The highest BCUT2D eigenvalue weighted by Gasteiger charge is 2.31. The molecule has 0 saturated carbocycles. The van der Waals surface area contributed by atoms with Crippen molar-refractivity contribution in [1.82, 2.24) is 0 Å². The van der Waals surface area contributed by atoms with Gasteiger partial charge in [0.15, 0.2) is 0 Å². The molecule has 5 nitrogen and oxygen atoms in total. The van der Waals surface area contributed by atoms with E-state index in [0.717, 1.165) is 12.1 Å². The monoisotopic (exact) mass is 232 g/mol. The normalized spacial score (nSPS) is 10.6. The first-order chi connectivity index (χ1) is 7.31. The van der Waals surface area contributed by atoms with E-state index in [1.54, 1.807) is 0 Å². The summed E-state index contributed by atoms with van der Waals surface area (Å²) in [4.78, 5) is 9.43. The van der Waals surface area contributed by atoms with Crippen LogP contribution in [0.2, 0.25) is 0 Å². The van der Waals surface area contributed by atoms with Crippen LogP contribution in [0.5, 0.6) is 5.75 Å². The zero-order valence-corrected chi connectivity index (χ0v) is 7.49. The van der Waals surface area contributed by atoms with E-state index in [0.29, 0.717) is 6.07 Å². The van der Waals surface area contributed by atoms with Crippen LogP contribution in [0.4, 0.5) is 18.9 Å². The molecule has 0 atom stereocenters. The lowest BCUT2D eigenvalue weighted by atomic mass is 10.2. The minimum Gasteiger partial charge on any atom is -0.405 e. The Morgan fingerprint density at radius 2 is 2.00 bits per heavy atom. The molecular formula is C8H3F3N2O3. The third-order valence-electron chi connectivity index (χ3n) is 1.46. The molecule has 84 valence electrons. The Morgan fingerprint density at radius 3 is 2.44 bits per heavy atom. The molecule has 0 aliphatic carbocycles. The highest BCUT2D eigenvalue weighted by molar-refractivity contribution is 5.47. The zero-order valence-electron chi connectivity index (χ0n) is 7.49. The molecule has 0 unspecified atom stereocenters. The molecule has 16 heavy (non-hydrogen) atoms. The van der Waals surface area contributed by atoms with Crippen LogP contribution in [0.25, 0.3) is 0 Å². The fourth-order valence-electron chi connectivity index (χ4n) is 0.946. The van der Waals surface area contributed by atoms with Crippen molar-refractivity contribution in [1.29, 1.82) is 5.26 Å². The van der Waals surface area contributed by atoms with Crippen LogP contribution in [-0.4, -0.2) is 11.3 Å². The van der Waals surface area contributed by atoms with Gasteiger partial charge < -0.3 is 4.74 Å². The largest absolute Gasteiger partial charge is 0.573 e. The molecule has 0 aromatic heterocycles. The molecule has 1 aromatic rings. The lowest BCUT2D eigenvalue weighted by Gasteiger charge is -2.08. The van der Waals surface area contributed by atoms with Gasteiger partial charge in [-0.15, -0.1) is 13.2 Å². The molecule has 8 heteroatoms. The van der Waals surface area contributed by atoms with Crippen LogP contribution in [0.1, 0.15) is 5.56 Å². The number of hydrogen-bond acceptors (Lipinski definition) is 4. The van der Waals surface area contributed by atoms with E-state index in [2.05, 4.69) is 4.74 Å². The van der Waals surface area contributed by atoms with Crippen molar-refractivity contribution in [2.75, 3.05) is 0 Å². The summed E-state index contributed by atoms with van der Waals surface area (Å²) in [5.41, 5.74) is -0.924. The van der Waals surface area contributed by atoms with Gasteiger partial charge in [-0.3, -0.25) is 10.1 Å². The summed E-state index contributed by atoms with van der Waals surface area (Å²) in [6.07, 6.45) is -4.96. The van der Waals surface area contributed by atoms with E-state index in [1.807, 2.05) is 0 Å². The van der Waals surface area contributed by atoms with E-state index < -0.39 is 22.7 Å². The molecule has 1 aromatic carbocycles. The maximum atomic E-state index is 11.8. The molecule has 0 spiro atoms. The Balaban J connectivity index is 3.16. The van der Waals surface area contributed by atoms with Gasteiger partial charge in [0.1, 0.15) is 5.75 Å². The van der Waals surface area contributed by atoms with Crippen molar-refractivity contribution >= 4 is 5.69 Å². The smallest absolute Gasteiger partial charge is 0.405 e. The van der Waals surface area contributed by atoms with Crippen molar-refractivity contribution in [3.8, 4) is 11.8 Å². The molecule has 1 rings (SSSR count). The molecule has 0 aliphatic rings. The van der Waals surface area contributed by atoms with Gasteiger partial charge in [0.2, 0.25) is 0 Å². The predicted molar refractivity (Wildman–Crippen MR) is 44.5 cm³/mol. The molecule has 0 amide bonds. The summed E-state index contributed by atoms with van der Waals surface area (Å²) in [6.45, 7) is 0. The lowest BCUT2D eigenvalue weighted by molar-refractivity contribution is -0.385. The molecule has 0 aliphatic heterocycles. The minimum absolute atomic E-state index is 0.284. The summed E-state index contributed by atoms with van der Waals surface area (Å²) in [5.74, 6) is -0.793. The quantitative estimate of drug-likeness (QED) is 0.579. The number of nitriles is 1. The number of halogens is 3. The maximum Gasteiger partial charge on any atom is 0.573 e. The minimum atomic E-state index is -4.96. The second-order valence-corrected chi connectivity index (χ2v) is 2.63. The van der Waals surface area contributed by atoms with Crippen LogP contribution >= 0.6 is 0 Å². The van der Waals surface area contributed by atoms with E-state index in [-0.39, 0.29) is 5.56 Å². The summed E-state index contributed by atoms with van der Waals surface area (Å²) < 4.78 is 39.0. The second-order valence-electron chi connectivity index (χ2n) is 2.63. The van der Waals surface area contributed by atoms with Crippen molar-refractivity contribution in [3.05, 3.63) is 33.9 Å². The molecule has 0 radical (unpaired) electrons. The Bertz CT molecular complexity index is 465. The Morgan fingerprint density at radius 1 is 1.38 bits per heavy atom. The molecular weight excluding hydrogens is 229 g/mol. The number of ether oxygens (including phenoxy) is 1. The summed E-state index contributed by atoms with van der Waals surface area (Å²) in [7, 11) is 0. The van der Waals surface area contributed by atoms with Gasteiger partial charge in [-0.05, 0) is 6.07 Å². The van der Waals surface area contributed by atoms with Crippen LogP contribution in [-0.2, 0) is 0 Å². The van der Waals surface area contributed by atoms with Gasteiger partial charge in [-0.2, -0.15) is 5.26 Å². The van der Waals surface area contributed by atoms with Gasteiger partial charge in [0.25, 0.3) is 5.69 Å². The van der Waals surface area contributed by atoms with E-state index in [4.69, 9.17) is 5.26 Å². The van der Waals surface area contributed by atoms with Crippen molar-refractivity contribution in [2.45, 2.75) is 6.36 Å². The Hall–Kier alpha value is -2.30. The summed E-state index contributed by atoms with van der Waals surface area (Å²) in [5, 5.41) is 18.8. The van der Waals surface area contributed by atoms with Crippen LogP contribution in [0.15, 0.2) is 18.2 Å². The van der Waals surface area contributed by atoms with Crippen molar-refractivity contribution < 1.29 is 22.8 Å². The summed E-state index contributed by atoms with van der Waals surface area (Å²) >= 11 is 0. The fraction of sp³-hybridized carbons (Fsp3) is 0.125. The van der Waals surface area contributed by atoms with Gasteiger partial charge >= 0.3 is 6.36 Å². The fourth-order valence-corrected chi connectivity index (χ4v) is 0.946. The number of nitro groups is 1. The molecule has 0 fully saturated rings. The van der Waals surface area contributed by atoms with Crippen LogP contribution in [0, 0.1) is 21.4 Å². The van der Waals surface area contributed by atoms with E-state index in [1.165, 1.54) is 6.07 Å². The van der Waals surface area contributed by atoms with E-state index in [9.17, 15) is 23.3 Å². The standard InChI is InChI=1S/C8H3F3N2O3/c9-8(10,11)16-7-2-5(4-12)1-6(3-7)13(14)15/h1-3H. The van der Waals surface area contributed by atoms with Crippen molar-refractivity contribution in [2.24, 2.45) is 0 Å². The molecule has 0 heterocycles. The highest BCUT2D eigenvalue weighted by Crippen LogP contribution is 2.27. The lowest BCUT2D eigenvalue weighted by Crippen LogP contribution is -2.17. The second kappa shape index (κ2) is 4.06. The number of hydrogen-bond donors (Lipinski definition) is 0. The van der Waals surface area contributed by atoms with Crippen molar-refractivity contribution in [3.63, 3.8) is 0 Å². The highest BCUT2D eigenvalue weighted by atomic mass is 19.4. The van der Waals surface area contributed by atoms with E-state index >= 15 is 0 Å². The summed E-state index contributed by atoms with van der Waals surface area (Å²) in [6, 6.07) is 3.70. The number of benzene rings is 1. The number of nitrogens with zero attached hydrogens (tertiary/aromatic N) is 2. The van der Waals surface area contributed by atoms with Gasteiger partial charge in [0.05, 0.1) is 22.6 Å². The van der Waals surface area contributed by atoms with Gasteiger partial charge in [-0.25, -0.2) is 0 Å². The SMILES string of the molecule is N#Cc1cc(OC(F)(F)F)cc([N+](=O)[O-])c1. The number of alkyl halides is 3. The van der Waals surface area contributed by atoms with Crippen LogP contribution in [0.3, 0.4) is 0 Å². The first kappa shape index (κ1) is 11.8. The van der Waals surface area contributed by atoms with Crippen LogP contribution < -0.4 is 4.74 Å². The molecule has 0 bridgehead atoms. The first-order valence-electron chi connectivity index (χ1n) is 3.77. The third kappa shape index (κ3) is 3.13. The Kier molecular flexibility index (Phi) is 2.99. The molecule has 0 saturated heterocycles. The average molecular weight is 232 g/mol.